The van der Waals surface area contributed by atoms with Crippen LogP contribution in [0.4, 0.5) is 5.69 Å². The molecule has 0 radical (unpaired) electrons. The molecule has 168 valence electrons. The lowest BCUT2D eigenvalue weighted by molar-refractivity contribution is 0.0977. The number of carbonyl (C=O) groups excluding carboxylic acids is 1. The molecule has 1 atom stereocenters. The summed E-state index contributed by atoms with van der Waals surface area (Å²) < 4.78 is 5.93. The highest BCUT2D eigenvalue weighted by Crippen LogP contribution is 2.28. The second-order valence-electron chi connectivity index (χ2n) is 7.67. The van der Waals surface area contributed by atoms with Crippen molar-refractivity contribution in [3.05, 3.63) is 81.8 Å². The molecule has 33 heavy (non-hydrogen) atoms. The number of amides is 1. The van der Waals surface area contributed by atoms with E-state index in [-0.39, 0.29) is 11.0 Å². The minimum Gasteiger partial charge on any atom is -0.436 e. The molecule has 0 fully saturated rings. The number of halogens is 2. The Morgan fingerprint density at radius 2 is 1.82 bits per heavy atom. The molecule has 3 aromatic carbocycles. The standard InChI is InChI=1S/C25H21Cl2N3O2S/c1-3-14(2)16-7-11-22-21(13-16)29-24(32-22)15-4-8-18(9-5-15)28-25(33)30-23(31)17-6-10-19(26)20(27)12-17/h4-14H,3H2,1-2H3,(H2,28,30,31,33)/t14-/m0/s1. The number of nitrogens with zero attached hydrogens (tertiary/aromatic N) is 1. The maximum absolute atomic E-state index is 12.4. The number of thiocarbonyl (C=S) groups is 1. The fraction of sp³-hybridized carbons (Fsp3) is 0.160. The van der Waals surface area contributed by atoms with Gasteiger partial charge in [-0.2, -0.15) is 0 Å². The van der Waals surface area contributed by atoms with Crippen molar-refractivity contribution in [2.45, 2.75) is 26.2 Å². The Morgan fingerprint density at radius 1 is 1.06 bits per heavy atom. The van der Waals surface area contributed by atoms with Gasteiger partial charge in [0.1, 0.15) is 5.52 Å². The summed E-state index contributed by atoms with van der Waals surface area (Å²) in [6.07, 6.45) is 1.07. The van der Waals surface area contributed by atoms with E-state index in [0.29, 0.717) is 33.1 Å². The van der Waals surface area contributed by atoms with E-state index in [0.717, 1.165) is 23.1 Å². The second-order valence-corrected chi connectivity index (χ2v) is 8.89. The number of benzene rings is 3. The summed E-state index contributed by atoms with van der Waals surface area (Å²) in [6, 6.07) is 18.2. The summed E-state index contributed by atoms with van der Waals surface area (Å²) >= 11 is 17.1. The first kappa shape index (κ1) is 23.2. The quantitative estimate of drug-likeness (QED) is 0.280. The molecule has 1 aromatic heterocycles. The van der Waals surface area contributed by atoms with Gasteiger partial charge in [-0.15, -0.1) is 0 Å². The van der Waals surface area contributed by atoms with E-state index in [1.165, 1.54) is 11.6 Å². The first-order valence-electron chi connectivity index (χ1n) is 10.4. The van der Waals surface area contributed by atoms with Gasteiger partial charge in [-0.1, -0.05) is 43.1 Å². The first-order chi connectivity index (χ1) is 15.8. The van der Waals surface area contributed by atoms with E-state index >= 15 is 0 Å². The summed E-state index contributed by atoms with van der Waals surface area (Å²) in [5.74, 6) is 0.639. The molecule has 4 aromatic rings. The highest BCUT2D eigenvalue weighted by molar-refractivity contribution is 7.80. The Morgan fingerprint density at radius 3 is 2.52 bits per heavy atom. The highest BCUT2D eigenvalue weighted by atomic mass is 35.5. The van der Waals surface area contributed by atoms with Crippen LogP contribution < -0.4 is 10.6 Å². The van der Waals surface area contributed by atoms with Gasteiger partial charge in [0, 0.05) is 16.8 Å². The molecule has 0 saturated carbocycles. The molecule has 5 nitrogen and oxygen atoms in total. The molecule has 1 heterocycles. The number of hydrogen-bond donors (Lipinski definition) is 2. The smallest absolute Gasteiger partial charge is 0.257 e. The second kappa shape index (κ2) is 9.91. The summed E-state index contributed by atoms with van der Waals surface area (Å²) in [5.41, 5.74) is 4.76. The SMILES string of the molecule is CC[C@H](C)c1ccc2oc(-c3ccc(NC(=S)NC(=O)c4ccc(Cl)c(Cl)c4)cc3)nc2c1. The van der Waals surface area contributed by atoms with Crippen molar-refractivity contribution in [1.29, 1.82) is 0 Å². The van der Waals surface area contributed by atoms with Gasteiger partial charge < -0.3 is 9.73 Å². The predicted molar refractivity (Wildman–Crippen MR) is 138 cm³/mol. The highest BCUT2D eigenvalue weighted by Gasteiger charge is 2.12. The fourth-order valence-corrected chi connectivity index (χ4v) is 3.79. The lowest BCUT2D eigenvalue weighted by Gasteiger charge is -2.10. The first-order valence-corrected chi connectivity index (χ1v) is 11.6. The molecule has 0 unspecified atom stereocenters. The zero-order chi connectivity index (χ0) is 23.5. The average Bonchev–Trinajstić information content (AvgIpc) is 3.24. The van der Waals surface area contributed by atoms with E-state index in [1.807, 2.05) is 30.3 Å². The molecule has 0 saturated heterocycles. The van der Waals surface area contributed by atoms with Gasteiger partial charge >= 0.3 is 0 Å². The Labute approximate surface area is 207 Å². The molecule has 0 aliphatic rings. The lowest BCUT2D eigenvalue weighted by atomic mass is 9.98. The summed E-state index contributed by atoms with van der Waals surface area (Å²) in [4.78, 5) is 17.0. The third kappa shape index (κ3) is 5.36. The van der Waals surface area contributed by atoms with Gasteiger partial charge in [0.25, 0.3) is 5.91 Å². The Bertz CT molecular complexity index is 1340. The zero-order valence-corrected chi connectivity index (χ0v) is 20.3. The van der Waals surface area contributed by atoms with Crippen LogP contribution in [0.25, 0.3) is 22.6 Å². The van der Waals surface area contributed by atoms with Crippen LogP contribution in [0.1, 0.15) is 42.1 Å². The summed E-state index contributed by atoms with van der Waals surface area (Å²) in [7, 11) is 0. The van der Waals surface area contributed by atoms with Crippen LogP contribution in [0.5, 0.6) is 0 Å². The molecular weight excluding hydrogens is 477 g/mol. The Kier molecular flexibility index (Phi) is 6.98. The van der Waals surface area contributed by atoms with Crippen LogP contribution in [-0.4, -0.2) is 16.0 Å². The number of oxazole rings is 1. The molecular formula is C25H21Cl2N3O2S. The monoisotopic (exact) mass is 497 g/mol. The number of nitrogens with one attached hydrogen (secondary N) is 2. The lowest BCUT2D eigenvalue weighted by Crippen LogP contribution is -2.34. The molecule has 0 aliphatic heterocycles. The van der Waals surface area contributed by atoms with E-state index in [9.17, 15) is 4.79 Å². The van der Waals surface area contributed by atoms with Gasteiger partial charge in [-0.25, -0.2) is 4.98 Å². The average molecular weight is 498 g/mol. The van der Waals surface area contributed by atoms with Crippen molar-refractivity contribution < 1.29 is 9.21 Å². The van der Waals surface area contributed by atoms with Crippen molar-refractivity contribution in [1.82, 2.24) is 10.3 Å². The van der Waals surface area contributed by atoms with E-state index in [4.69, 9.17) is 39.8 Å². The van der Waals surface area contributed by atoms with Gasteiger partial charge in [-0.05, 0) is 84.7 Å². The molecule has 0 spiro atoms. The van der Waals surface area contributed by atoms with Gasteiger partial charge in [0.05, 0.1) is 10.0 Å². The number of fused-ring (bicyclic) bond motifs is 1. The minimum absolute atomic E-state index is 0.165. The van der Waals surface area contributed by atoms with Crippen molar-refractivity contribution in [3.8, 4) is 11.5 Å². The fourth-order valence-electron chi connectivity index (χ4n) is 3.28. The topological polar surface area (TPSA) is 67.2 Å². The number of anilines is 1. The molecule has 8 heteroatoms. The number of carbonyl (C=O) groups is 1. The maximum Gasteiger partial charge on any atom is 0.257 e. The molecule has 0 bridgehead atoms. The van der Waals surface area contributed by atoms with Gasteiger partial charge in [-0.3, -0.25) is 10.1 Å². The van der Waals surface area contributed by atoms with Crippen LogP contribution in [0.3, 0.4) is 0 Å². The van der Waals surface area contributed by atoms with Crippen LogP contribution in [0.15, 0.2) is 65.1 Å². The van der Waals surface area contributed by atoms with Crippen LogP contribution in [0, 0.1) is 0 Å². The number of aromatic nitrogens is 1. The molecule has 4 rings (SSSR count). The van der Waals surface area contributed by atoms with E-state index in [1.54, 1.807) is 12.1 Å². The van der Waals surface area contributed by atoms with Crippen molar-refractivity contribution in [2.24, 2.45) is 0 Å². The molecule has 2 N–H and O–H groups in total. The van der Waals surface area contributed by atoms with Crippen molar-refractivity contribution >= 4 is 63.2 Å². The van der Waals surface area contributed by atoms with Crippen LogP contribution >= 0.6 is 35.4 Å². The largest absolute Gasteiger partial charge is 0.436 e. The van der Waals surface area contributed by atoms with Gasteiger partial charge in [0.2, 0.25) is 5.89 Å². The summed E-state index contributed by atoms with van der Waals surface area (Å²) in [6.45, 7) is 4.37. The zero-order valence-electron chi connectivity index (χ0n) is 18.0. The molecule has 1 amide bonds. The predicted octanol–water partition coefficient (Wildman–Crippen LogP) is 7.44. The van der Waals surface area contributed by atoms with E-state index in [2.05, 4.69) is 41.6 Å². The van der Waals surface area contributed by atoms with Crippen molar-refractivity contribution in [2.75, 3.05) is 5.32 Å². The third-order valence-corrected chi connectivity index (χ3v) is 6.33. The third-order valence-electron chi connectivity index (χ3n) is 5.39. The summed E-state index contributed by atoms with van der Waals surface area (Å²) in [5, 5.41) is 6.46. The van der Waals surface area contributed by atoms with Crippen LogP contribution in [0.2, 0.25) is 10.0 Å². The normalized spacial score (nSPS) is 11.9. The Hall–Kier alpha value is -2.93. The number of hydrogen-bond acceptors (Lipinski definition) is 4. The number of rotatable bonds is 5. The van der Waals surface area contributed by atoms with Gasteiger partial charge in [0.15, 0.2) is 10.7 Å². The van der Waals surface area contributed by atoms with Crippen molar-refractivity contribution in [3.63, 3.8) is 0 Å². The van der Waals surface area contributed by atoms with E-state index < -0.39 is 0 Å². The van der Waals surface area contributed by atoms with Crippen LogP contribution in [-0.2, 0) is 0 Å². The minimum atomic E-state index is -0.383. The maximum atomic E-state index is 12.4. The molecule has 0 aliphatic carbocycles. The Balaban J connectivity index is 1.43.